The topological polar surface area (TPSA) is 80.3 Å². The van der Waals surface area contributed by atoms with Gasteiger partial charge in [0.25, 0.3) is 0 Å². The quantitative estimate of drug-likeness (QED) is 0.114. The zero-order valence-corrected chi connectivity index (χ0v) is 29.1. The average Bonchev–Trinajstić information content (AvgIpc) is 3.18. The molecule has 4 atom stereocenters. The lowest BCUT2D eigenvalue weighted by atomic mass is 9.89. The second kappa shape index (κ2) is 17.7. The van der Waals surface area contributed by atoms with Crippen molar-refractivity contribution in [2.24, 2.45) is 5.92 Å². The van der Waals surface area contributed by atoms with Gasteiger partial charge in [0.05, 0.1) is 18.8 Å². The van der Waals surface area contributed by atoms with Gasteiger partial charge >= 0.3 is 6.09 Å². The minimum absolute atomic E-state index is 0.00537. The van der Waals surface area contributed by atoms with Gasteiger partial charge in [0, 0.05) is 37.7 Å². The van der Waals surface area contributed by atoms with Gasteiger partial charge in [0.15, 0.2) is 6.29 Å². The van der Waals surface area contributed by atoms with E-state index in [9.17, 15) is 9.90 Å². The lowest BCUT2D eigenvalue weighted by Crippen LogP contribution is -2.44. The van der Waals surface area contributed by atoms with Crippen LogP contribution in [0.15, 0.2) is 146 Å². The van der Waals surface area contributed by atoms with Crippen LogP contribution in [0.25, 0.3) is 11.1 Å². The van der Waals surface area contributed by atoms with E-state index in [4.69, 9.17) is 14.2 Å². The standard InChI is InChI=1S/C44H46N2O5/c1-3-26-49-44(48)45-27-39-16-10-11-17-40(39)36-22-24-38(25-23-36)43-50-41(32(2)42(51-43)37-20-18-35(31-47)19-21-37)30-46(28-33-12-6-4-7-13-33)29-34-14-8-5-9-15-34/h3-25,32,41-43,47H,1,26-31H2,2H3,(H,45,48)/t32-,41+,42+,43+/m1/s1. The van der Waals surface area contributed by atoms with Crippen LogP contribution in [0.3, 0.4) is 0 Å². The first-order valence-electron chi connectivity index (χ1n) is 17.5. The molecule has 1 saturated heterocycles. The average molecular weight is 683 g/mol. The maximum absolute atomic E-state index is 12.1. The fraction of sp³-hybridized carbons (Fsp3) is 0.250. The maximum Gasteiger partial charge on any atom is 0.407 e. The number of nitrogens with one attached hydrogen (secondary N) is 1. The van der Waals surface area contributed by atoms with Gasteiger partial charge in [0.1, 0.15) is 6.61 Å². The number of aliphatic hydroxyl groups is 1. The number of aliphatic hydroxyl groups excluding tert-OH is 1. The summed E-state index contributed by atoms with van der Waals surface area (Å²) in [6, 6.07) is 45.4. The van der Waals surface area contributed by atoms with Crippen LogP contribution >= 0.6 is 0 Å². The van der Waals surface area contributed by atoms with Crippen molar-refractivity contribution in [1.82, 2.24) is 10.2 Å². The minimum Gasteiger partial charge on any atom is -0.445 e. The van der Waals surface area contributed by atoms with Gasteiger partial charge in [-0.2, -0.15) is 0 Å². The van der Waals surface area contributed by atoms with E-state index >= 15 is 0 Å². The van der Waals surface area contributed by atoms with Gasteiger partial charge in [-0.15, -0.1) is 0 Å². The van der Waals surface area contributed by atoms with Crippen LogP contribution in [0.2, 0.25) is 0 Å². The second-order valence-corrected chi connectivity index (χ2v) is 13.0. The zero-order chi connectivity index (χ0) is 35.4. The van der Waals surface area contributed by atoms with Crippen molar-refractivity contribution < 1.29 is 24.1 Å². The normalized spacial score (nSPS) is 18.6. The third kappa shape index (κ3) is 9.60. The van der Waals surface area contributed by atoms with E-state index in [1.807, 2.05) is 48.5 Å². The Bertz CT molecular complexity index is 1790. The van der Waals surface area contributed by atoms with Gasteiger partial charge in [-0.1, -0.05) is 153 Å². The monoisotopic (exact) mass is 682 g/mol. The third-order valence-electron chi connectivity index (χ3n) is 9.33. The summed E-state index contributed by atoms with van der Waals surface area (Å²) in [7, 11) is 0. The predicted octanol–water partition coefficient (Wildman–Crippen LogP) is 8.75. The van der Waals surface area contributed by atoms with Crippen molar-refractivity contribution >= 4 is 6.09 Å². The van der Waals surface area contributed by atoms with E-state index in [0.29, 0.717) is 13.1 Å². The molecular formula is C44H46N2O5. The van der Waals surface area contributed by atoms with E-state index in [1.165, 1.54) is 17.2 Å². The number of amides is 1. The number of nitrogens with zero attached hydrogens (tertiary/aromatic N) is 1. The summed E-state index contributed by atoms with van der Waals surface area (Å²) in [6.45, 7) is 8.57. The lowest BCUT2D eigenvalue weighted by molar-refractivity contribution is -0.276. The fourth-order valence-electron chi connectivity index (χ4n) is 6.58. The molecule has 1 amide bonds. The van der Waals surface area contributed by atoms with E-state index in [-0.39, 0.29) is 31.3 Å². The molecule has 0 radical (unpaired) electrons. The first kappa shape index (κ1) is 35.8. The molecule has 262 valence electrons. The first-order chi connectivity index (χ1) is 25.0. The van der Waals surface area contributed by atoms with Crippen molar-refractivity contribution in [3.63, 3.8) is 0 Å². The number of hydrogen-bond acceptors (Lipinski definition) is 6. The van der Waals surface area contributed by atoms with Crippen LogP contribution in [0.5, 0.6) is 0 Å². The van der Waals surface area contributed by atoms with Gasteiger partial charge in [-0.05, 0) is 38.9 Å². The molecule has 0 saturated carbocycles. The van der Waals surface area contributed by atoms with Crippen LogP contribution in [-0.4, -0.2) is 35.4 Å². The summed E-state index contributed by atoms with van der Waals surface area (Å²) in [4.78, 5) is 14.5. The molecule has 1 aliphatic heterocycles. The Morgan fingerprint density at radius 1 is 0.784 bits per heavy atom. The summed E-state index contributed by atoms with van der Waals surface area (Å²) in [6.07, 6.45) is 0.116. The molecule has 51 heavy (non-hydrogen) atoms. The molecule has 1 heterocycles. The maximum atomic E-state index is 12.1. The number of hydrogen-bond donors (Lipinski definition) is 2. The number of carbonyl (C=O) groups is 1. The number of ether oxygens (including phenoxy) is 3. The van der Waals surface area contributed by atoms with Crippen molar-refractivity contribution in [2.75, 3.05) is 13.2 Å². The molecule has 2 N–H and O–H groups in total. The van der Waals surface area contributed by atoms with Crippen molar-refractivity contribution in [3.8, 4) is 11.1 Å². The van der Waals surface area contributed by atoms with E-state index in [2.05, 4.69) is 109 Å². The molecule has 1 fully saturated rings. The van der Waals surface area contributed by atoms with E-state index < -0.39 is 12.4 Å². The Hall–Kier alpha value is -5.05. The summed E-state index contributed by atoms with van der Waals surface area (Å²) >= 11 is 0. The number of benzene rings is 5. The van der Waals surface area contributed by atoms with Crippen molar-refractivity contribution in [3.05, 3.63) is 179 Å². The Kier molecular flexibility index (Phi) is 12.4. The van der Waals surface area contributed by atoms with Crippen LogP contribution in [-0.2, 0) is 40.5 Å². The predicted molar refractivity (Wildman–Crippen MR) is 200 cm³/mol. The smallest absolute Gasteiger partial charge is 0.407 e. The highest BCUT2D eigenvalue weighted by atomic mass is 16.7. The first-order valence-corrected chi connectivity index (χ1v) is 17.5. The molecule has 7 nitrogen and oxygen atoms in total. The Morgan fingerprint density at radius 3 is 2.02 bits per heavy atom. The van der Waals surface area contributed by atoms with Gasteiger partial charge in [0.2, 0.25) is 0 Å². The molecule has 0 aliphatic carbocycles. The third-order valence-corrected chi connectivity index (χ3v) is 9.33. The van der Waals surface area contributed by atoms with Crippen molar-refractivity contribution in [1.29, 1.82) is 0 Å². The van der Waals surface area contributed by atoms with Crippen LogP contribution < -0.4 is 5.32 Å². The second-order valence-electron chi connectivity index (χ2n) is 13.0. The van der Waals surface area contributed by atoms with E-state index in [0.717, 1.165) is 46.5 Å². The highest BCUT2D eigenvalue weighted by molar-refractivity contribution is 5.70. The summed E-state index contributed by atoms with van der Waals surface area (Å²) in [5.41, 5.74) is 8.36. The zero-order valence-electron chi connectivity index (χ0n) is 29.1. The van der Waals surface area contributed by atoms with Gasteiger partial charge < -0.3 is 24.6 Å². The lowest BCUT2D eigenvalue weighted by Gasteiger charge is -2.43. The Balaban J connectivity index is 1.26. The molecule has 0 spiro atoms. The minimum atomic E-state index is -0.588. The van der Waals surface area contributed by atoms with E-state index in [1.54, 1.807) is 0 Å². The highest BCUT2D eigenvalue weighted by Gasteiger charge is 2.39. The Labute approximate surface area is 301 Å². The molecule has 5 aromatic rings. The van der Waals surface area contributed by atoms with Crippen LogP contribution in [0.1, 0.15) is 52.7 Å². The number of alkyl carbamates (subject to hydrolysis) is 1. The molecule has 0 unspecified atom stereocenters. The molecule has 1 aliphatic rings. The number of carbonyl (C=O) groups excluding carboxylic acids is 1. The molecule has 0 aromatic heterocycles. The number of rotatable bonds is 14. The van der Waals surface area contributed by atoms with Crippen LogP contribution in [0, 0.1) is 5.92 Å². The van der Waals surface area contributed by atoms with Crippen LogP contribution in [0.4, 0.5) is 4.79 Å². The fourth-order valence-corrected chi connectivity index (χ4v) is 6.58. The molecule has 7 heteroatoms. The summed E-state index contributed by atoms with van der Waals surface area (Å²) in [5.74, 6) is 0.0482. The molecule has 5 aromatic carbocycles. The SMILES string of the molecule is C=CCOC(=O)NCc1ccccc1-c1ccc([C@H]2O[C@@H](CN(Cc3ccccc3)Cc3ccccc3)[C@@H](C)[C@@H](c3ccc(CO)cc3)O2)cc1. The highest BCUT2D eigenvalue weighted by Crippen LogP contribution is 2.42. The summed E-state index contributed by atoms with van der Waals surface area (Å²) in [5, 5.41) is 12.5. The molecule has 6 rings (SSSR count). The molecule has 0 bridgehead atoms. The summed E-state index contributed by atoms with van der Waals surface area (Å²) < 4.78 is 18.8. The van der Waals surface area contributed by atoms with Crippen molar-refractivity contribution in [2.45, 2.75) is 51.7 Å². The largest absolute Gasteiger partial charge is 0.445 e. The Morgan fingerprint density at radius 2 is 1.39 bits per heavy atom. The van der Waals surface area contributed by atoms with Gasteiger partial charge in [-0.25, -0.2) is 4.79 Å². The molecular weight excluding hydrogens is 636 g/mol. The van der Waals surface area contributed by atoms with Gasteiger partial charge in [-0.3, -0.25) is 4.90 Å².